The zero-order valence-corrected chi connectivity index (χ0v) is 12.5. The normalized spacial score (nSPS) is 12.7. The van der Waals surface area contributed by atoms with E-state index in [-0.39, 0.29) is 0 Å². The second-order valence-electron chi connectivity index (χ2n) is 5.24. The van der Waals surface area contributed by atoms with Gasteiger partial charge in [-0.15, -0.1) is 0 Å². The highest BCUT2D eigenvalue weighted by atomic mass is 35.5. The molecule has 3 aromatic heterocycles. The number of pyridine rings is 1. The number of hydrogen-bond acceptors (Lipinski definition) is 5. The van der Waals surface area contributed by atoms with Crippen LogP contribution in [0.2, 0.25) is 5.02 Å². The number of nitrogens with zero attached hydrogens (tertiary/aromatic N) is 2. The maximum absolute atomic E-state index is 6.02. The molecular formula is C17H9ClN2O3. The number of hydrogen-bond donors (Lipinski definition) is 0. The molecule has 1 aliphatic heterocycles. The van der Waals surface area contributed by atoms with Gasteiger partial charge in [0.1, 0.15) is 17.9 Å². The Hall–Kier alpha value is -2.79. The van der Waals surface area contributed by atoms with Crippen molar-refractivity contribution in [3.05, 3.63) is 53.3 Å². The predicted octanol–water partition coefficient (Wildman–Crippen LogP) is 4.70. The minimum absolute atomic E-state index is 0.306. The molecule has 6 heteroatoms. The molecule has 0 radical (unpaired) electrons. The van der Waals surface area contributed by atoms with Gasteiger partial charge in [0.05, 0.1) is 10.6 Å². The Morgan fingerprint density at radius 3 is 2.91 bits per heavy atom. The van der Waals surface area contributed by atoms with Gasteiger partial charge >= 0.3 is 0 Å². The summed E-state index contributed by atoms with van der Waals surface area (Å²) < 4.78 is 17.3. The lowest BCUT2D eigenvalue weighted by atomic mass is 10.1. The fourth-order valence-electron chi connectivity index (χ4n) is 2.69. The molecule has 0 bridgehead atoms. The smallest absolute Gasteiger partial charge is 0.263 e. The number of ether oxygens (including phenoxy) is 1. The lowest BCUT2D eigenvalue weighted by Gasteiger charge is -2.13. The summed E-state index contributed by atoms with van der Waals surface area (Å²) in [7, 11) is 0. The van der Waals surface area contributed by atoms with Crippen molar-refractivity contribution in [1.29, 1.82) is 0 Å². The summed E-state index contributed by atoms with van der Waals surface area (Å²) in [5.41, 5.74) is 2.20. The zero-order chi connectivity index (χ0) is 15.4. The Kier molecular flexibility index (Phi) is 2.55. The fraction of sp³-hybridized carbons (Fsp3) is 0.0588. The molecule has 112 valence electrons. The molecule has 0 unspecified atom stereocenters. The maximum Gasteiger partial charge on any atom is 0.263 e. The van der Waals surface area contributed by atoms with E-state index >= 15 is 0 Å². The topological polar surface area (TPSA) is 61.3 Å². The summed E-state index contributed by atoms with van der Waals surface area (Å²) in [6.45, 7) is 0.306. The molecule has 4 aromatic rings. The van der Waals surface area contributed by atoms with Crippen LogP contribution in [-0.2, 0) is 6.61 Å². The van der Waals surface area contributed by atoms with Gasteiger partial charge in [-0.3, -0.25) is 0 Å². The van der Waals surface area contributed by atoms with Gasteiger partial charge in [0.15, 0.2) is 11.5 Å². The van der Waals surface area contributed by atoms with E-state index in [0.29, 0.717) is 46.2 Å². The number of benzene rings is 1. The number of aromatic nitrogens is 2. The Morgan fingerprint density at radius 1 is 1.09 bits per heavy atom. The Morgan fingerprint density at radius 2 is 2.00 bits per heavy atom. The second-order valence-corrected chi connectivity index (χ2v) is 5.67. The molecule has 4 heterocycles. The first kappa shape index (κ1) is 12.7. The quantitative estimate of drug-likeness (QED) is 0.508. The lowest BCUT2D eigenvalue weighted by Crippen LogP contribution is -2.05. The van der Waals surface area contributed by atoms with E-state index in [1.807, 2.05) is 30.3 Å². The molecule has 23 heavy (non-hydrogen) atoms. The predicted molar refractivity (Wildman–Crippen MR) is 84.3 cm³/mol. The van der Waals surface area contributed by atoms with E-state index in [9.17, 15) is 0 Å². The van der Waals surface area contributed by atoms with Gasteiger partial charge in [0.2, 0.25) is 5.88 Å². The van der Waals surface area contributed by atoms with Crippen molar-refractivity contribution in [2.75, 3.05) is 0 Å². The van der Waals surface area contributed by atoms with Gasteiger partial charge < -0.3 is 13.6 Å². The highest BCUT2D eigenvalue weighted by molar-refractivity contribution is 6.30. The minimum Gasteiger partial charge on any atom is -0.470 e. The molecule has 0 atom stereocenters. The molecule has 5 rings (SSSR count). The maximum atomic E-state index is 6.02. The van der Waals surface area contributed by atoms with Crippen LogP contribution in [0, 0.1) is 0 Å². The molecule has 0 saturated carbocycles. The fourth-order valence-corrected chi connectivity index (χ4v) is 2.85. The van der Waals surface area contributed by atoms with Gasteiger partial charge in [-0.1, -0.05) is 29.8 Å². The summed E-state index contributed by atoms with van der Waals surface area (Å²) in [5.74, 6) is 2.12. The number of oxazole rings is 1. The van der Waals surface area contributed by atoms with Crippen LogP contribution < -0.4 is 4.74 Å². The van der Waals surface area contributed by atoms with Gasteiger partial charge in [-0.2, -0.15) is 0 Å². The van der Waals surface area contributed by atoms with Crippen LogP contribution in [0.3, 0.4) is 0 Å². The molecule has 0 aliphatic carbocycles. The SMILES string of the molecule is Clc1cnc2c(c1)-c1oc(-c3cc4ccccc4o3)nc1CO2. The van der Waals surface area contributed by atoms with Crippen molar-refractivity contribution >= 4 is 22.6 Å². The number of rotatable bonds is 1. The molecule has 1 aliphatic rings. The van der Waals surface area contributed by atoms with Crippen molar-refractivity contribution in [2.24, 2.45) is 0 Å². The average Bonchev–Trinajstić information content (AvgIpc) is 3.18. The van der Waals surface area contributed by atoms with E-state index in [2.05, 4.69) is 9.97 Å². The first-order valence-corrected chi connectivity index (χ1v) is 7.43. The van der Waals surface area contributed by atoms with Crippen molar-refractivity contribution < 1.29 is 13.6 Å². The molecule has 5 nitrogen and oxygen atoms in total. The van der Waals surface area contributed by atoms with Crippen LogP contribution >= 0.6 is 11.6 Å². The number of furan rings is 1. The standard InChI is InChI=1S/C17H9ClN2O3/c18-10-6-11-15-12(8-21-16(11)19-7-10)20-17(23-15)14-5-9-3-1-2-4-13(9)22-14/h1-7H,8H2. The first-order valence-electron chi connectivity index (χ1n) is 7.05. The third-order valence-corrected chi connectivity index (χ3v) is 3.95. The third kappa shape index (κ3) is 1.94. The molecule has 0 saturated heterocycles. The monoisotopic (exact) mass is 324 g/mol. The molecular weight excluding hydrogens is 316 g/mol. The van der Waals surface area contributed by atoms with E-state index < -0.39 is 0 Å². The largest absolute Gasteiger partial charge is 0.470 e. The Labute approximate surface area is 135 Å². The second kappa shape index (κ2) is 4.60. The van der Waals surface area contributed by atoms with Crippen molar-refractivity contribution in [3.8, 4) is 28.9 Å². The summed E-state index contributed by atoms with van der Waals surface area (Å²) in [6, 6.07) is 11.4. The molecule has 0 N–H and O–H groups in total. The van der Waals surface area contributed by atoms with Gasteiger partial charge in [-0.25, -0.2) is 9.97 Å². The van der Waals surface area contributed by atoms with Gasteiger partial charge in [-0.05, 0) is 18.2 Å². The number of fused-ring (bicyclic) bond motifs is 4. The molecule has 1 aromatic carbocycles. The van der Waals surface area contributed by atoms with Crippen LogP contribution in [0.1, 0.15) is 5.69 Å². The Bertz CT molecular complexity index is 1020. The van der Waals surface area contributed by atoms with Crippen LogP contribution in [0.15, 0.2) is 51.4 Å². The summed E-state index contributed by atoms with van der Waals surface area (Å²) in [4.78, 5) is 8.66. The molecule has 0 fully saturated rings. The molecule has 0 spiro atoms. The van der Waals surface area contributed by atoms with E-state index in [4.69, 9.17) is 25.2 Å². The van der Waals surface area contributed by atoms with Crippen molar-refractivity contribution in [2.45, 2.75) is 6.61 Å². The van der Waals surface area contributed by atoms with E-state index in [1.165, 1.54) is 0 Å². The summed E-state index contributed by atoms with van der Waals surface area (Å²) >= 11 is 6.02. The van der Waals surface area contributed by atoms with E-state index in [1.54, 1.807) is 12.3 Å². The highest BCUT2D eigenvalue weighted by Gasteiger charge is 2.26. The average molecular weight is 325 g/mol. The highest BCUT2D eigenvalue weighted by Crippen LogP contribution is 2.40. The van der Waals surface area contributed by atoms with Crippen LogP contribution in [0.25, 0.3) is 33.9 Å². The summed E-state index contributed by atoms with van der Waals surface area (Å²) in [5, 5.41) is 1.52. The van der Waals surface area contributed by atoms with Gasteiger partial charge in [0.25, 0.3) is 5.89 Å². The third-order valence-electron chi connectivity index (χ3n) is 3.74. The van der Waals surface area contributed by atoms with Gasteiger partial charge in [0, 0.05) is 11.6 Å². The zero-order valence-electron chi connectivity index (χ0n) is 11.7. The Balaban J connectivity index is 1.67. The van der Waals surface area contributed by atoms with Crippen molar-refractivity contribution in [1.82, 2.24) is 9.97 Å². The van der Waals surface area contributed by atoms with Crippen LogP contribution in [-0.4, -0.2) is 9.97 Å². The number of para-hydroxylation sites is 1. The lowest BCUT2D eigenvalue weighted by molar-refractivity contribution is 0.283. The van der Waals surface area contributed by atoms with Crippen LogP contribution in [0.4, 0.5) is 0 Å². The van der Waals surface area contributed by atoms with Crippen molar-refractivity contribution in [3.63, 3.8) is 0 Å². The van der Waals surface area contributed by atoms with E-state index in [0.717, 1.165) is 11.0 Å². The first-order chi connectivity index (χ1) is 11.3. The molecule has 0 amide bonds. The number of halogens is 1. The minimum atomic E-state index is 0.306. The van der Waals surface area contributed by atoms with Crippen LogP contribution in [0.5, 0.6) is 5.88 Å². The summed E-state index contributed by atoms with van der Waals surface area (Å²) in [6.07, 6.45) is 1.54.